The number of nitrogens with zero attached hydrogens (tertiary/aromatic N) is 3. The molecule has 0 amide bonds. The van der Waals surface area contributed by atoms with Crippen LogP contribution in [-0.2, 0) is 6.18 Å². The Bertz CT molecular complexity index is 1340. The molecule has 168 valence electrons. The Balaban J connectivity index is 1.66. The van der Waals surface area contributed by atoms with Gasteiger partial charge in [0.2, 0.25) is 0 Å². The number of aromatic amines is 1. The molecule has 5 nitrogen and oxygen atoms in total. The van der Waals surface area contributed by atoms with Crippen LogP contribution < -0.4 is 5.32 Å². The zero-order valence-electron chi connectivity index (χ0n) is 17.9. The van der Waals surface area contributed by atoms with Crippen LogP contribution in [-0.4, -0.2) is 40.2 Å². The number of hydrogen-bond donors (Lipinski definition) is 2. The molecule has 1 aliphatic heterocycles. The summed E-state index contributed by atoms with van der Waals surface area (Å²) >= 11 is 0. The van der Waals surface area contributed by atoms with Gasteiger partial charge in [-0.15, -0.1) is 0 Å². The molecule has 2 aromatic heterocycles. The van der Waals surface area contributed by atoms with Crippen molar-refractivity contribution >= 4 is 28.0 Å². The van der Waals surface area contributed by atoms with Crippen LogP contribution in [0.5, 0.6) is 0 Å². The number of aromatic nitrogens is 3. The average molecular weight is 449 g/mol. The van der Waals surface area contributed by atoms with E-state index in [-0.39, 0.29) is 5.56 Å². The molecule has 0 aliphatic carbocycles. The Kier molecular flexibility index (Phi) is 5.38. The minimum Gasteiger partial charge on any atom is -0.340 e. The summed E-state index contributed by atoms with van der Waals surface area (Å²) in [6, 6.07) is 13.4. The maximum Gasteiger partial charge on any atom is 0.417 e. The lowest BCUT2D eigenvalue weighted by molar-refractivity contribution is -0.137. The highest BCUT2D eigenvalue weighted by molar-refractivity contribution is 5.90. The van der Waals surface area contributed by atoms with E-state index in [0.717, 1.165) is 29.1 Å². The monoisotopic (exact) mass is 449 g/mol. The summed E-state index contributed by atoms with van der Waals surface area (Å²) in [6.45, 7) is 1.50. The zero-order valence-corrected chi connectivity index (χ0v) is 17.9. The number of nitrogens with one attached hydrogen (secondary N) is 2. The van der Waals surface area contributed by atoms with Gasteiger partial charge in [0.1, 0.15) is 5.82 Å². The number of H-pyrrole nitrogens is 1. The molecule has 0 radical (unpaired) electrons. The zero-order chi connectivity index (χ0) is 23.0. The van der Waals surface area contributed by atoms with Gasteiger partial charge < -0.3 is 10.2 Å². The molecule has 0 saturated carbocycles. The Hall–Kier alpha value is -3.65. The maximum atomic E-state index is 14.2. The van der Waals surface area contributed by atoms with E-state index in [1.807, 2.05) is 31.3 Å². The van der Waals surface area contributed by atoms with Crippen LogP contribution in [0, 0.1) is 0 Å². The third-order valence-corrected chi connectivity index (χ3v) is 5.91. The molecule has 33 heavy (non-hydrogen) atoms. The van der Waals surface area contributed by atoms with Crippen LogP contribution in [0.3, 0.4) is 0 Å². The van der Waals surface area contributed by atoms with E-state index in [4.69, 9.17) is 0 Å². The van der Waals surface area contributed by atoms with Gasteiger partial charge in [-0.25, -0.2) is 4.98 Å². The second kappa shape index (κ2) is 8.37. The van der Waals surface area contributed by atoms with Gasteiger partial charge in [0, 0.05) is 41.5 Å². The summed E-state index contributed by atoms with van der Waals surface area (Å²) in [5.41, 5.74) is 2.94. The van der Waals surface area contributed by atoms with Crippen LogP contribution in [0.2, 0.25) is 0 Å². The number of anilines is 2. The lowest BCUT2D eigenvalue weighted by atomic mass is 9.88. The van der Waals surface area contributed by atoms with E-state index in [9.17, 15) is 13.2 Å². The lowest BCUT2D eigenvalue weighted by Crippen LogP contribution is -2.24. The standard InChI is InChI=1S/C25H22F3N5/c1-33-12-9-16(10-13-33)19-4-2-6-21(25(26,27)28)23(19)20-5-3-11-29-24(20)31-18-8-7-17-15-30-32-22(17)14-18/h2-9,11,14-15H,10,12-13H2,1H3,(H,29,31)(H,30,32). The van der Waals surface area contributed by atoms with Crippen LogP contribution in [0.1, 0.15) is 17.5 Å². The second-order valence-corrected chi connectivity index (χ2v) is 8.16. The molecule has 3 heterocycles. The predicted octanol–water partition coefficient (Wildman–Crippen LogP) is 6.11. The molecule has 0 saturated heterocycles. The first kappa shape index (κ1) is 21.2. The normalized spacial score (nSPS) is 15.0. The molecule has 2 aromatic carbocycles. The minimum atomic E-state index is -4.50. The highest BCUT2D eigenvalue weighted by atomic mass is 19.4. The molecular weight excluding hydrogens is 427 g/mol. The van der Waals surface area contributed by atoms with Crippen molar-refractivity contribution < 1.29 is 13.2 Å². The summed E-state index contributed by atoms with van der Waals surface area (Å²) in [5, 5.41) is 11.1. The summed E-state index contributed by atoms with van der Waals surface area (Å²) in [4.78, 5) is 6.55. The molecule has 0 unspecified atom stereocenters. The quantitative estimate of drug-likeness (QED) is 0.395. The third-order valence-electron chi connectivity index (χ3n) is 5.91. The number of halogens is 3. The summed E-state index contributed by atoms with van der Waals surface area (Å²) in [6.07, 6.45) is 1.49. The summed E-state index contributed by atoms with van der Waals surface area (Å²) < 4.78 is 42.5. The molecule has 5 rings (SSSR count). The van der Waals surface area contributed by atoms with Crippen LogP contribution in [0.15, 0.2) is 67.0 Å². The number of hydrogen-bond acceptors (Lipinski definition) is 4. The van der Waals surface area contributed by atoms with Crippen molar-refractivity contribution in [2.24, 2.45) is 0 Å². The third kappa shape index (κ3) is 4.21. The first-order chi connectivity index (χ1) is 15.9. The highest BCUT2D eigenvalue weighted by Gasteiger charge is 2.36. The van der Waals surface area contributed by atoms with Crippen molar-refractivity contribution in [1.29, 1.82) is 0 Å². The number of pyridine rings is 1. The number of fused-ring (bicyclic) bond motifs is 1. The van der Waals surface area contributed by atoms with E-state index in [1.165, 1.54) is 6.07 Å². The Morgan fingerprint density at radius 3 is 2.70 bits per heavy atom. The first-order valence-electron chi connectivity index (χ1n) is 10.6. The molecular formula is C25H22F3N5. The van der Waals surface area contributed by atoms with Gasteiger partial charge >= 0.3 is 6.18 Å². The Labute approximate surface area is 189 Å². The van der Waals surface area contributed by atoms with Gasteiger partial charge in [-0.3, -0.25) is 5.10 Å². The van der Waals surface area contributed by atoms with Crippen molar-refractivity contribution in [3.8, 4) is 11.1 Å². The first-order valence-corrected chi connectivity index (χ1v) is 10.6. The second-order valence-electron chi connectivity index (χ2n) is 8.16. The van der Waals surface area contributed by atoms with Gasteiger partial charge in [0.15, 0.2) is 0 Å². The van der Waals surface area contributed by atoms with Crippen molar-refractivity contribution in [2.75, 3.05) is 25.5 Å². The van der Waals surface area contributed by atoms with Crippen LogP contribution in [0.25, 0.3) is 27.6 Å². The number of rotatable bonds is 4. The lowest BCUT2D eigenvalue weighted by Gasteiger charge is -2.25. The SMILES string of the molecule is CN1CC=C(c2cccc(C(F)(F)F)c2-c2cccnc2Nc2ccc3cn[nH]c3c2)CC1. The Morgan fingerprint density at radius 2 is 1.91 bits per heavy atom. The molecule has 8 heteroatoms. The summed E-state index contributed by atoms with van der Waals surface area (Å²) in [7, 11) is 2.00. The van der Waals surface area contributed by atoms with E-state index in [2.05, 4.69) is 25.4 Å². The van der Waals surface area contributed by atoms with Gasteiger partial charge in [0.25, 0.3) is 0 Å². The van der Waals surface area contributed by atoms with Crippen molar-refractivity contribution in [3.63, 3.8) is 0 Å². The van der Waals surface area contributed by atoms with Crippen LogP contribution in [0.4, 0.5) is 24.7 Å². The Morgan fingerprint density at radius 1 is 1.06 bits per heavy atom. The number of alkyl halides is 3. The molecule has 0 fully saturated rings. The molecule has 1 aliphatic rings. The fourth-order valence-electron chi connectivity index (χ4n) is 4.22. The maximum absolute atomic E-state index is 14.2. The van der Waals surface area contributed by atoms with Gasteiger partial charge in [-0.1, -0.05) is 18.2 Å². The fourth-order valence-corrected chi connectivity index (χ4v) is 4.22. The number of benzene rings is 2. The van der Waals surface area contributed by atoms with E-state index < -0.39 is 11.7 Å². The van der Waals surface area contributed by atoms with Crippen molar-refractivity contribution in [2.45, 2.75) is 12.6 Å². The smallest absolute Gasteiger partial charge is 0.340 e. The van der Waals surface area contributed by atoms with Crippen molar-refractivity contribution in [1.82, 2.24) is 20.1 Å². The minimum absolute atomic E-state index is 0.152. The van der Waals surface area contributed by atoms with E-state index >= 15 is 0 Å². The average Bonchev–Trinajstić information content (AvgIpc) is 3.27. The molecule has 0 atom stereocenters. The highest BCUT2D eigenvalue weighted by Crippen LogP contribution is 2.44. The largest absolute Gasteiger partial charge is 0.417 e. The predicted molar refractivity (Wildman–Crippen MR) is 124 cm³/mol. The van der Waals surface area contributed by atoms with Crippen molar-refractivity contribution in [3.05, 3.63) is 78.1 Å². The molecule has 0 bridgehead atoms. The van der Waals surface area contributed by atoms with E-state index in [0.29, 0.717) is 35.6 Å². The summed E-state index contributed by atoms with van der Waals surface area (Å²) in [5.74, 6) is 0.364. The topological polar surface area (TPSA) is 56.8 Å². The molecule has 2 N–H and O–H groups in total. The van der Waals surface area contributed by atoms with Gasteiger partial charge in [-0.2, -0.15) is 18.3 Å². The number of likely N-dealkylation sites (N-methyl/N-ethyl adjacent to an activating group) is 1. The molecule has 0 spiro atoms. The molecule has 4 aromatic rings. The fraction of sp³-hybridized carbons (Fsp3) is 0.200. The van der Waals surface area contributed by atoms with Crippen LogP contribution >= 0.6 is 0 Å². The van der Waals surface area contributed by atoms with E-state index in [1.54, 1.807) is 30.6 Å². The van der Waals surface area contributed by atoms with Gasteiger partial charge in [0.05, 0.1) is 17.3 Å². The van der Waals surface area contributed by atoms with Gasteiger partial charge in [-0.05, 0) is 61.0 Å².